The number of carboxylic acids is 1. The zero-order valence-electron chi connectivity index (χ0n) is 10.2. The van der Waals surface area contributed by atoms with E-state index in [1.165, 1.54) is 18.3 Å². The number of nitrogens with zero attached hydrogens (tertiary/aromatic N) is 1. The molecule has 19 heavy (non-hydrogen) atoms. The molecule has 0 aliphatic carbocycles. The summed E-state index contributed by atoms with van der Waals surface area (Å²) in [4.78, 5) is 14.4. The Morgan fingerprint density at radius 1 is 1.26 bits per heavy atom. The summed E-state index contributed by atoms with van der Waals surface area (Å²) in [5, 5.41) is 8.73. The number of methoxy groups -OCH3 is 1. The minimum atomic E-state index is -1.09. The molecule has 0 saturated carbocycles. The highest BCUT2D eigenvalue weighted by molar-refractivity contribution is 5.85. The van der Waals surface area contributed by atoms with Gasteiger partial charge in [-0.3, -0.25) is 0 Å². The Morgan fingerprint density at radius 3 is 2.53 bits per heavy atom. The molecule has 0 amide bonds. The first-order valence-electron chi connectivity index (χ1n) is 5.41. The predicted molar refractivity (Wildman–Crippen MR) is 68.7 cm³/mol. The second kappa shape index (κ2) is 5.26. The summed E-state index contributed by atoms with van der Waals surface area (Å²) in [7, 11) is 1.55. The van der Waals surface area contributed by atoms with Gasteiger partial charge in [0.25, 0.3) is 0 Å². The maximum atomic E-state index is 10.7. The summed E-state index contributed by atoms with van der Waals surface area (Å²) in [6.07, 6.45) is 1.33. The lowest BCUT2D eigenvalue weighted by Gasteiger charge is -2.09. The molecule has 0 fully saturated rings. The van der Waals surface area contributed by atoms with E-state index in [9.17, 15) is 4.79 Å². The number of hydrogen-bond acceptors (Lipinski definition) is 5. The number of pyridine rings is 1. The van der Waals surface area contributed by atoms with Crippen LogP contribution in [0.5, 0.6) is 17.2 Å². The Bertz CT molecular complexity index is 596. The zero-order valence-corrected chi connectivity index (χ0v) is 10.2. The minimum Gasteiger partial charge on any atom is -0.497 e. The molecule has 0 spiro atoms. The topological polar surface area (TPSA) is 94.7 Å². The van der Waals surface area contributed by atoms with Gasteiger partial charge in [0.05, 0.1) is 19.0 Å². The number of benzene rings is 1. The quantitative estimate of drug-likeness (QED) is 0.818. The van der Waals surface area contributed by atoms with Crippen molar-refractivity contribution in [2.24, 2.45) is 0 Å². The molecule has 1 heterocycles. The van der Waals surface area contributed by atoms with E-state index in [2.05, 4.69) is 4.98 Å². The van der Waals surface area contributed by atoms with Crippen LogP contribution in [0.15, 0.2) is 36.5 Å². The molecule has 98 valence electrons. The third kappa shape index (κ3) is 2.92. The van der Waals surface area contributed by atoms with Crippen LogP contribution in [0.4, 0.5) is 5.69 Å². The number of rotatable bonds is 4. The zero-order chi connectivity index (χ0) is 13.8. The fraction of sp³-hybridized carbons (Fsp3) is 0.0769. The summed E-state index contributed by atoms with van der Waals surface area (Å²) < 4.78 is 10.5. The van der Waals surface area contributed by atoms with Gasteiger partial charge in [-0.05, 0) is 24.3 Å². The number of hydrogen-bond donors (Lipinski definition) is 2. The molecule has 1 aromatic heterocycles. The van der Waals surface area contributed by atoms with Crippen LogP contribution in [0.25, 0.3) is 0 Å². The summed E-state index contributed by atoms with van der Waals surface area (Å²) in [5.74, 6) is 0.396. The van der Waals surface area contributed by atoms with E-state index in [1.807, 2.05) is 0 Å². The number of carboxylic acid groups (broad SMARTS) is 1. The Labute approximate surface area is 109 Å². The first kappa shape index (κ1) is 12.7. The second-order valence-electron chi connectivity index (χ2n) is 3.69. The van der Waals surface area contributed by atoms with E-state index in [-0.39, 0.29) is 5.69 Å². The van der Waals surface area contributed by atoms with Crippen LogP contribution < -0.4 is 15.2 Å². The maximum Gasteiger partial charge on any atom is 0.354 e. The number of carbonyl (C=O) groups is 1. The van der Waals surface area contributed by atoms with Gasteiger partial charge in [0, 0.05) is 6.07 Å². The summed E-state index contributed by atoms with van der Waals surface area (Å²) in [6.45, 7) is 0. The number of ether oxygens (including phenoxy) is 2. The molecule has 0 saturated heterocycles. The molecular formula is C13H12N2O4. The van der Waals surface area contributed by atoms with Crippen molar-refractivity contribution < 1.29 is 19.4 Å². The number of anilines is 1. The third-order valence-corrected chi connectivity index (χ3v) is 2.40. The van der Waals surface area contributed by atoms with Gasteiger partial charge in [0.2, 0.25) is 0 Å². The van der Waals surface area contributed by atoms with E-state index in [1.54, 1.807) is 25.3 Å². The number of nitrogen functional groups attached to an aromatic ring is 1. The molecule has 0 aliphatic rings. The molecule has 0 radical (unpaired) electrons. The van der Waals surface area contributed by atoms with Gasteiger partial charge >= 0.3 is 5.97 Å². The summed E-state index contributed by atoms with van der Waals surface area (Å²) in [6, 6.07) is 7.88. The minimum absolute atomic E-state index is 0.0462. The largest absolute Gasteiger partial charge is 0.497 e. The van der Waals surface area contributed by atoms with Crippen molar-refractivity contribution in [1.82, 2.24) is 4.98 Å². The van der Waals surface area contributed by atoms with Crippen molar-refractivity contribution in [2.45, 2.75) is 0 Å². The first-order valence-corrected chi connectivity index (χ1v) is 5.41. The van der Waals surface area contributed by atoms with Gasteiger partial charge < -0.3 is 20.3 Å². The van der Waals surface area contributed by atoms with Crippen LogP contribution in [0.1, 0.15) is 10.5 Å². The van der Waals surface area contributed by atoms with Gasteiger partial charge in [0.1, 0.15) is 17.2 Å². The van der Waals surface area contributed by atoms with Crippen LogP contribution in [0.2, 0.25) is 0 Å². The smallest absolute Gasteiger partial charge is 0.354 e. The molecule has 2 rings (SSSR count). The third-order valence-electron chi connectivity index (χ3n) is 2.40. The number of nitrogens with two attached hydrogens (primary N) is 1. The van der Waals surface area contributed by atoms with Gasteiger partial charge in [-0.15, -0.1) is 0 Å². The first-order chi connectivity index (χ1) is 9.10. The van der Waals surface area contributed by atoms with Crippen molar-refractivity contribution in [1.29, 1.82) is 0 Å². The van der Waals surface area contributed by atoms with Crippen molar-refractivity contribution in [3.8, 4) is 17.2 Å². The predicted octanol–water partition coefficient (Wildman–Crippen LogP) is 2.16. The summed E-state index contributed by atoms with van der Waals surface area (Å²) in [5.41, 5.74) is 6.18. The molecule has 2 aromatic rings. The Kier molecular flexibility index (Phi) is 3.51. The fourth-order valence-electron chi connectivity index (χ4n) is 1.44. The second-order valence-corrected chi connectivity index (χ2v) is 3.69. The van der Waals surface area contributed by atoms with E-state index in [0.29, 0.717) is 22.9 Å². The fourth-order valence-corrected chi connectivity index (χ4v) is 1.44. The van der Waals surface area contributed by atoms with E-state index < -0.39 is 5.97 Å². The number of aromatic nitrogens is 1. The van der Waals surface area contributed by atoms with Gasteiger partial charge in [-0.1, -0.05) is 0 Å². The van der Waals surface area contributed by atoms with Crippen molar-refractivity contribution in [3.05, 3.63) is 42.2 Å². The van der Waals surface area contributed by atoms with Gasteiger partial charge in [0.15, 0.2) is 5.75 Å². The standard InChI is InChI=1S/C13H12N2O4/c1-18-8-3-5-12(10(14)6-8)19-9-2-4-11(13(16)17)15-7-9/h2-7H,14H2,1H3,(H,16,17). The van der Waals surface area contributed by atoms with Crippen LogP contribution in [0.3, 0.4) is 0 Å². The molecule has 3 N–H and O–H groups in total. The molecule has 6 heteroatoms. The van der Waals surface area contributed by atoms with Gasteiger partial charge in [-0.25, -0.2) is 9.78 Å². The number of aromatic carboxylic acids is 1. The monoisotopic (exact) mass is 260 g/mol. The van der Waals surface area contributed by atoms with Crippen molar-refractivity contribution in [3.63, 3.8) is 0 Å². The molecular weight excluding hydrogens is 248 g/mol. The Balaban J connectivity index is 2.19. The van der Waals surface area contributed by atoms with Crippen molar-refractivity contribution in [2.75, 3.05) is 12.8 Å². The molecule has 0 aliphatic heterocycles. The summed E-state index contributed by atoms with van der Waals surface area (Å²) >= 11 is 0. The van der Waals surface area contributed by atoms with Gasteiger partial charge in [-0.2, -0.15) is 0 Å². The SMILES string of the molecule is COc1ccc(Oc2ccc(C(=O)O)nc2)c(N)c1. The van der Waals surface area contributed by atoms with E-state index >= 15 is 0 Å². The molecule has 1 aromatic carbocycles. The lowest BCUT2D eigenvalue weighted by Crippen LogP contribution is -1.99. The highest BCUT2D eigenvalue weighted by Gasteiger charge is 2.07. The van der Waals surface area contributed by atoms with E-state index in [4.69, 9.17) is 20.3 Å². The lowest BCUT2D eigenvalue weighted by molar-refractivity contribution is 0.0690. The normalized spacial score (nSPS) is 9.95. The molecule has 0 unspecified atom stereocenters. The average Bonchev–Trinajstić information content (AvgIpc) is 2.41. The lowest BCUT2D eigenvalue weighted by atomic mass is 10.3. The maximum absolute atomic E-state index is 10.7. The average molecular weight is 260 g/mol. The highest BCUT2D eigenvalue weighted by atomic mass is 16.5. The Morgan fingerprint density at radius 2 is 2.00 bits per heavy atom. The van der Waals surface area contributed by atoms with Crippen LogP contribution in [-0.2, 0) is 0 Å². The molecule has 0 bridgehead atoms. The van der Waals surface area contributed by atoms with Crippen LogP contribution in [0, 0.1) is 0 Å². The highest BCUT2D eigenvalue weighted by Crippen LogP contribution is 2.30. The van der Waals surface area contributed by atoms with Crippen LogP contribution in [-0.4, -0.2) is 23.2 Å². The molecule has 6 nitrogen and oxygen atoms in total. The van der Waals surface area contributed by atoms with E-state index in [0.717, 1.165) is 0 Å². The Hall–Kier alpha value is -2.76. The van der Waals surface area contributed by atoms with Crippen molar-refractivity contribution >= 4 is 11.7 Å². The molecule has 0 atom stereocenters. The van der Waals surface area contributed by atoms with Crippen LogP contribution >= 0.6 is 0 Å².